The summed E-state index contributed by atoms with van der Waals surface area (Å²) in [7, 11) is -3.97. The largest absolute Gasteiger partial charge is 0.451 e. The molecule has 0 aliphatic carbocycles. The SMILES string of the molecule is O=C(NCc1cocn1)c1cc(-c2ccc(NS(=O)(=O)c3cccc(Cl)c3Cl)cc2)nc2[nH]ncc12. The van der Waals surface area contributed by atoms with Gasteiger partial charge in [-0.3, -0.25) is 14.6 Å². The maximum Gasteiger partial charge on any atom is 0.263 e. The van der Waals surface area contributed by atoms with E-state index in [0.717, 1.165) is 0 Å². The van der Waals surface area contributed by atoms with Gasteiger partial charge in [-0.05, 0) is 30.3 Å². The molecular weight excluding hydrogens is 527 g/mol. The molecule has 2 aromatic carbocycles. The lowest BCUT2D eigenvalue weighted by atomic mass is 10.1. The molecule has 3 aromatic heterocycles. The quantitative estimate of drug-likeness (QED) is 0.271. The highest BCUT2D eigenvalue weighted by atomic mass is 35.5. The number of rotatable bonds is 7. The molecule has 5 aromatic rings. The number of fused-ring (bicyclic) bond motifs is 1. The zero-order chi connectivity index (χ0) is 25.3. The minimum Gasteiger partial charge on any atom is -0.451 e. The summed E-state index contributed by atoms with van der Waals surface area (Å²) in [6, 6.07) is 12.5. The Labute approximate surface area is 214 Å². The van der Waals surface area contributed by atoms with Gasteiger partial charge in [0, 0.05) is 11.3 Å². The van der Waals surface area contributed by atoms with Gasteiger partial charge < -0.3 is 9.73 Å². The topological polar surface area (TPSA) is 143 Å². The minimum absolute atomic E-state index is 0.0605. The highest BCUT2D eigenvalue weighted by Crippen LogP contribution is 2.31. The highest BCUT2D eigenvalue weighted by Gasteiger charge is 2.20. The number of aromatic amines is 1. The third kappa shape index (κ3) is 4.76. The number of pyridine rings is 1. The van der Waals surface area contributed by atoms with Crippen molar-refractivity contribution in [1.82, 2.24) is 25.5 Å². The van der Waals surface area contributed by atoms with Crippen molar-refractivity contribution in [2.24, 2.45) is 0 Å². The zero-order valence-corrected chi connectivity index (χ0v) is 20.5. The molecule has 5 rings (SSSR count). The van der Waals surface area contributed by atoms with Crippen LogP contribution in [-0.2, 0) is 16.6 Å². The van der Waals surface area contributed by atoms with Gasteiger partial charge in [0.2, 0.25) is 0 Å². The maximum atomic E-state index is 12.9. The Morgan fingerprint density at radius 2 is 1.92 bits per heavy atom. The lowest BCUT2D eigenvalue weighted by molar-refractivity contribution is 0.0952. The molecular formula is C23H16Cl2N6O4S. The molecule has 0 radical (unpaired) electrons. The van der Waals surface area contributed by atoms with Gasteiger partial charge in [0.15, 0.2) is 12.0 Å². The molecule has 13 heteroatoms. The summed E-state index contributed by atoms with van der Waals surface area (Å²) >= 11 is 12.0. The number of nitrogens with one attached hydrogen (secondary N) is 3. The molecule has 0 fully saturated rings. The average Bonchev–Trinajstić information content (AvgIpc) is 3.56. The van der Waals surface area contributed by atoms with E-state index in [0.29, 0.717) is 39.2 Å². The summed E-state index contributed by atoms with van der Waals surface area (Å²) in [6.45, 7) is 0.192. The van der Waals surface area contributed by atoms with Crippen LogP contribution in [0.2, 0.25) is 10.0 Å². The molecule has 0 aliphatic heterocycles. The monoisotopic (exact) mass is 542 g/mol. The number of amides is 1. The summed E-state index contributed by atoms with van der Waals surface area (Å²) in [4.78, 5) is 21.3. The fourth-order valence-corrected chi connectivity index (χ4v) is 5.29. The summed E-state index contributed by atoms with van der Waals surface area (Å²) in [5, 5.41) is 10.2. The maximum absolute atomic E-state index is 12.9. The number of carbonyl (C=O) groups excluding carboxylic acids is 1. The minimum atomic E-state index is -3.97. The number of oxazole rings is 1. The van der Waals surface area contributed by atoms with Crippen LogP contribution in [0.1, 0.15) is 16.1 Å². The van der Waals surface area contributed by atoms with Crippen LogP contribution in [0.25, 0.3) is 22.3 Å². The Bertz CT molecular complexity index is 1670. The number of halogens is 2. The Morgan fingerprint density at radius 3 is 2.67 bits per heavy atom. The van der Waals surface area contributed by atoms with Crippen molar-refractivity contribution in [1.29, 1.82) is 0 Å². The van der Waals surface area contributed by atoms with E-state index in [1.807, 2.05) is 0 Å². The van der Waals surface area contributed by atoms with Crippen LogP contribution in [0.4, 0.5) is 5.69 Å². The summed E-state index contributed by atoms with van der Waals surface area (Å²) in [6.07, 6.45) is 4.26. The molecule has 0 aliphatic rings. The van der Waals surface area contributed by atoms with Gasteiger partial charge in [0.1, 0.15) is 11.2 Å². The lowest BCUT2D eigenvalue weighted by Crippen LogP contribution is -2.23. The van der Waals surface area contributed by atoms with Gasteiger partial charge >= 0.3 is 0 Å². The fraction of sp³-hybridized carbons (Fsp3) is 0.0435. The van der Waals surface area contributed by atoms with Crippen LogP contribution in [0.15, 0.2) is 76.7 Å². The van der Waals surface area contributed by atoms with E-state index >= 15 is 0 Å². The van der Waals surface area contributed by atoms with E-state index < -0.39 is 10.0 Å². The number of carbonyl (C=O) groups is 1. The molecule has 3 N–H and O–H groups in total. The lowest BCUT2D eigenvalue weighted by Gasteiger charge is -2.11. The third-order valence-electron chi connectivity index (χ3n) is 5.22. The van der Waals surface area contributed by atoms with Crippen LogP contribution in [0, 0.1) is 0 Å². The second-order valence-electron chi connectivity index (χ2n) is 7.58. The third-order valence-corrected chi connectivity index (χ3v) is 7.57. The van der Waals surface area contributed by atoms with Gasteiger partial charge in [-0.1, -0.05) is 41.4 Å². The first-order valence-electron chi connectivity index (χ1n) is 10.4. The number of hydrogen-bond acceptors (Lipinski definition) is 7. The number of anilines is 1. The number of hydrogen-bond donors (Lipinski definition) is 3. The van der Waals surface area contributed by atoms with Crippen molar-refractivity contribution >= 4 is 55.9 Å². The Hall–Kier alpha value is -3.93. The molecule has 10 nitrogen and oxygen atoms in total. The normalized spacial score (nSPS) is 11.5. The number of H-pyrrole nitrogens is 1. The molecule has 0 saturated carbocycles. The van der Waals surface area contributed by atoms with Gasteiger partial charge in [0.05, 0.1) is 45.1 Å². The van der Waals surface area contributed by atoms with E-state index in [9.17, 15) is 13.2 Å². The Morgan fingerprint density at radius 1 is 1.11 bits per heavy atom. The molecule has 0 atom stereocenters. The zero-order valence-electron chi connectivity index (χ0n) is 18.2. The van der Waals surface area contributed by atoms with Crippen molar-refractivity contribution < 1.29 is 17.6 Å². The van der Waals surface area contributed by atoms with Gasteiger partial charge in [0.25, 0.3) is 15.9 Å². The predicted molar refractivity (Wildman–Crippen MR) is 134 cm³/mol. The van der Waals surface area contributed by atoms with E-state index in [1.54, 1.807) is 30.3 Å². The first-order chi connectivity index (χ1) is 17.3. The molecule has 1 amide bonds. The van der Waals surface area contributed by atoms with Gasteiger partial charge in [-0.2, -0.15) is 5.10 Å². The summed E-state index contributed by atoms with van der Waals surface area (Å²) < 4.78 is 33.0. The van der Waals surface area contributed by atoms with E-state index in [2.05, 4.69) is 30.2 Å². The van der Waals surface area contributed by atoms with Crippen molar-refractivity contribution in [2.45, 2.75) is 11.4 Å². The molecule has 0 bridgehead atoms. The predicted octanol–water partition coefficient (Wildman–Crippen LogP) is 4.65. The molecule has 182 valence electrons. The second-order valence-corrected chi connectivity index (χ2v) is 10.0. The van der Waals surface area contributed by atoms with E-state index in [4.69, 9.17) is 27.6 Å². The average molecular weight is 543 g/mol. The number of benzene rings is 2. The standard InChI is InChI=1S/C23H16Cl2N6O4S/c24-18-2-1-3-20(21(18)25)36(33,34)31-14-6-4-13(5-7-14)19-8-16(17-10-28-30-22(17)29-19)23(32)26-9-15-11-35-12-27-15/h1-8,10-12,31H,9H2,(H,26,32)(H,28,29,30). The first kappa shape index (κ1) is 23.8. The summed E-state index contributed by atoms with van der Waals surface area (Å²) in [5.74, 6) is -0.337. The highest BCUT2D eigenvalue weighted by molar-refractivity contribution is 7.92. The van der Waals surface area contributed by atoms with Crippen LogP contribution in [0.3, 0.4) is 0 Å². The number of sulfonamides is 1. The van der Waals surface area contributed by atoms with Crippen LogP contribution in [0.5, 0.6) is 0 Å². The molecule has 3 heterocycles. The first-order valence-corrected chi connectivity index (χ1v) is 12.6. The van der Waals surface area contributed by atoms with Crippen molar-refractivity contribution in [3.63, 3.8) is 0 Å². The Balaban J connectivity index is 1.40. The molecule has 36 heavy (non-hydrogen) atoms. The fourth-order valence-electron chi connectivity index (χ4n) is 3.47. The summed E-state index contributed by atoms with van der Waals surface area (Å²) in [5.41, 5.74) is 2.83. The Kier molecular flexibility index (Phi) is 6.35. The van der Waals surface area contributed by atoms with Crippen LogP contribution < -0.4 is 10.0 Å². The van der Waals surface area contributed by atoms with Crippen LogP contribution >= 0.6 is 23.2 Å². The van der Waals surface area contributed by atoms with Crippen LogP contribution in [-0.4, -0.2) is 34.5 Å². The molecule has 0 unspecified atom stereocenters. The van der Waals surface area contributed by atoms with Gasteiger partial charge in [-0.25, -0.2) is 18.4 Å². The van der Waals surface area contributed by atoms with Crippen molar-refractivity contribution in [3.8, 4) is 11.3 Å². The smallest absolute Gasteiger partial charge is 0.263 e. The molecule has 0 spiro atoms. The van der Waals surface area contributed by atoms with Gasteiger partial charge in [-0.15, -0.1) is 0 Å². The van der Waals surface area contributed by atoms with Crippen molar-refractivity contribution in [2.75, 3.05) is 4.72 Å². The number of aromatic nitrogens is 4. The second kappa shape index (κ2) is 9.61. The van der Waals surface area contributed by atoms with E-state index in [-0.39, 0.29) is 27.4 Å². The number of nitrogens with zero attached hydrogens (tertiary/aromatic N) is 3. The molecule has 0 saturated heterocycles. The van der Waals surface area contributed by atoms with E-state index in [1.165, 1.54) is 37.1 Å². The van der Waals surface area contributed by atoms with Crippen molar-refractivity contribution in [3.05, 3.63) is 88.7 Å².